The summed E-state index contributed by atoms with van der Waals surface area (Å²) in [5.41, 5.74) is 2.39. The van der Waals surface area contributed by atoms with Crippen LogP contribution < -0.4 is 14.8 Å². The summed E-state index contributed by atoms with van der Waals surface area (Å²) in [6.45, 7) is 2.64. The van der Waals surface area contributed by atoms with Gasteiger partial charge in [0.15, 0.2) is 11.5 Å². The van der Waals surface area contributed by atoms with E-state index in [2.05, 4.69) is 10.3 Å². The first kappa shape index (κ1) is 16.8. The number of carbonyl (C=O) groups is 1. The molecule has 6 nitrogen and oxygen atoms in total. The molecule has 0 aliphatic heterocycles. The van der Waals surface area contributed by atoms with E-state index in [1.165, 1.54) is 0 Å². The number of hydrogen-bond acceptors (Lipinski definition) is 5. The number of benzene rings is 2. The van der Waals surface area contributed by atoms with Crippen LogP contribution in [0.5, 0.6) is 11.5 Å². The lowest BCUT2D eigenvalue weighted by molar-refractivity contribution is -0.120. The Hall–Kier alpha value is -3.02. The Labute approximate surface area is 145 Å². The van der Waals surface area contributed by atoms with E-state index < -0.39 is 0 Å². The van der Waals surface area contributed by atoms with Crippen molar-refractivity contribution in [2.75, 3.05) is 20.3 Å². The molecule has 25 heavy (non-hydrogen) atoms. The first-order valence-corrected chi connectivity index (χ1v) is 8.03. The van der Waals surface area contributed by atoms with Gasteiger partial charge in [0.25, 0.3) is 0 Å². The number of carbonyl (C=O) groups excluding carboxylic acids is 1. The molecule has 0 bridgehead atoms. The Morgan fingerprint density at radius 1 is 1.16 bits per heavy atom. The van der Waals surface area contributed by atoms with Crippen LogP contribution in [0.3, 0.4) is 0 Å². The van der Waals surface area contributed by atoms with Crippen molar-refractivity contribution in [3.8, 4) is 11.5 Å². The van der Waals surface area contributed by atoms with Crippen LogP contribution in [0.1, 0.15) is 11.5 Å². The topological polar surface area (TPSA) is 73.6 Å². The fraction of sp³-hybridized carbons (Fsp3) is 0.263. The van der Waals surface area contributed by atoms with Crippen molar-refractivity contribution in [1.82, 2.24) is 10.3 Å². The second kappa shape index (κ2) is 7.70. The van der Waals surface area contributed by atoms with E-state index in [1.807, 2.05) is 42.5 Å². The first-order valence-electron chi connectivity index (χ1n) is 8.03. The Morgan fingerprint density at radius 2 is 1.92 bits per heavy atom. The summed E-state index contributed by atoms with van der Waals surface area (Å²) in [5, 5.41) is 2.84. The maximum absolute atomic E-state index is 12.0. The minimum atomic E-state index is -0.0612. The number of oxazole rings is 1. The van der Waals surface area contributed by atoms with Gasteiger partial charge in [-0.05, 0) is 42.0 Å². The fourth-order valence-electron chi connectivity index (χ4n) is 2.47. The first-order chi connectivity index (χ1) is 12.1. The number of fused-ring (bicyclic) bond motifs is 1. The average Bonchev–Trinajstić information content (AvgIpc) is 2.98. The van der Waals surface area contributed by atoms with Gasteiger partial charge in [-0.3, -0.25) is 4.79 Å². The lowest BCUT2D eigenvalue weighted by Crippen LogP contribution is -2.29. The summed E-state index contributed by atoms with van der Waals surface area (Å²) in [4.78, 5) is 16.3. The zero-order valence-electron chi connectivity index (χ0n) is 14.2. The molecule has 1 amide bonds. The highest BCUT2D eigenvalue weighted by Crippen LogP contribution is 2.18. The predicted molar refractivity (Wildman–Crippen MR) is 93.9 cm³/mol. The van der Waals surface area contributed by atoms with Gasteiger partial charge >= 0.3 is 0 Å². The van der Waals surface area contributed by atoms with Crippen LogP contribution in [-0.2, 0) is 11.2 Å². The Balaban J connectivity index is 1.43. The molecule has 3 aromatic rings. The number of rotatable bonds is 7. The van der Waals surface area contributed by atoms with Gasteiger partial charge in [-0.2, -0.15) is 0 Å². The lowest BCUT2D eigenvalue weighted by Gasteiger charge is -2.08. The molecule has 0 spiro atoms. The summed E-state index contributed by atoms with van der Waals surface area (Å²) in [5.74, 6) is 2.07. The molecule has 3 rings (SSSR count). The molecule has 6 heteroatoms. The van der Waals surface area contributed by atoms with Crippen molar-refractivity contribution in [2.24, 2.45) is 0 Å². The quantitative estimate of drug-likeness (QED) is 0.670. The van der Waals surface area contributed by atoms with Crippen LogP contribution in [0.25, 0.3) is 11.1 Å². The van der Waals surface area contributed by atoms with Gasteiger partial charge in [-0.1, -0.05) is 6.07 Å². The Bertz CT molecular complexity index is 855. The SMILES string of the molecule is COc1ccc(OCCNC(=O)Cc2ccc3nc(C)oc3c2)cc1. The fourth-order valence-corrected chi connectivity index (χ4v) is 2.47. The maximum atomic E-state index is 12.0. The third kappa shape index (κ3) is 4.50. The van der Waals surface area contributed by atoms with Crippen molar-refractivity contribution in [2.45, 2.75) is 13.3 Å². The second-order valence-corrected chi connectivity index (χ2v) is 5.59. The van der Waals surface area contributed by atoms with Gasteiger partial charge in [-0.25, -0.2) is 4.98 Å². The molecule has 1 heterocycles. The highest BCUT2D eigenvalue weighted by Gasteiger charge is 2.07. The number of aromatic nitrogens is 1. The van der Waals surface area contributed by atoms with E-state index in [4.69, 9.17) is 13.9 Å². The second-order valence-electron chi connectivity index (χ2n) is 5.59. The molecule has 0 unspecified atom stereocenters. The van der Waals surface area contributed by atoms with Crippen molar-refractivity contribution < 1.29 is 18.7 Å². The van der Waals surface area contributed by atoms with Gasteiger partial charge in [0.05, 0.1) is 20.1 Å². The monoisotopic (exact) mass is 340 g/mol. The van der Waals surface area contributed by atoms with Crippen LogP contribution >= 0.6 is 0 Å². The van der Waals surface area contributed by atoms with E-state index >= 15 is 0 Å². The number of ether oxygens (including phenoxy) is 2. The molecule has 0 aliphatic rings. The molecule has 0 aliphatic carbocycles. The minimum Gasteiger partial charge on any atom is -0.497 e. The summed E-state index contributed by atoms with van der Waals surface area (Å²) >= 11 is 0. The summed E-state index contributed by atoms with van der Waals surface area (Å²) in [6.07, 6.45) is 0.290. The molecule has 1 N–H and O–H groups in total. The summed E-state index contributed by atoms with van der Waals surface area (Å²) in [7, 11) is 1.62. The van der Waals surface area contributed by atoms with Crippen LogP contribution in [0.4, 0.5) is 0 Å². The molecule has 0 radical (unpaired) electrons. The van der Waals surface area contributed by atoms with Gasteiger partial charge in [-0.15, -0.1) is 0 Å². The van der Waals surface area contributed by atoms with Crippen molar-refractivity contribution in [1.29, 1.82) is 0 Å². The average molecular weight is 340 g/mol. The van der Waals surface area contributed by atoms with E-state index in [0.717, 1.165) is 22.6 Å². The predicted octanol–water partition coefficient (Wildman–Crippen LogP) is 2.88. The maximum Gasteiger partial charge on any atom is 0.224 e. The molecule has 2 aromatic carbocycles. The third-order valence-corrected chi connectivity index (χ3v) is 3.68. The van der Waals surface area contributed by atoms with Crippen LogP contribution in [-0.4, -0.2) is 31.2 Å². The largest absolute Gasteiger partial charge is 0.497 e. The summed E-state index contributed by atoms with van der Waals surface area (Å²) < 4.78 is 16.1. The van der Waals surface area contributed by atoms with Gasteiger partial charge in [0, 0.05) is 6.92 Å². The van der Waals surface area contributed by atoms with Crippen LogP contribution in [0, 0.1) is 6.92 Å². The number of hydrogen-bond donors (Lipinski definition) is 1. The molecule has 0 saturated carbocycles. The van der Waals surface area contributed by atoms with Gasteiger partial charge < -0.3 is 19.2 Å². The smallest absolute Gasteiger partial charge is 0.224 e. The van der Waals surface area contributed by atoms with Crippen molar-refractivity contribution >= 4 is 17.0 Å². The third-order valence-electron chi connectivity index (χ3n) is 3.68. The van der Waals surface area contributed by atoms with Crippen LogP contribution in [0.2, 0.25) is 0 Å². The number of amides is 1. The molecule has 0 atom stereocenters. The number of nitrogens with zero attached hydrogens (tertiary/aromatic N) is 1. The lowest BCUT2D eigenvalue weighted by atomic mass is 10.1. The van der Waals surface area contributed by atoms with Gasteiger partial charge in [0.2, 0.25) is 5.91 Å². The van der Waals surface area contributed by atoms with Crippen molar-refractivity contribution in [3.63, 3.8) is 0 Å². The number of nitrogens with one attached hydrogen (secondary N) is 1. The van der Waals surface area contributed by atoms with Crippen molar-refractivity contribution in [3.05, 3.63) is 53.9 Å². The molecule has 1 aromatic heterocycles. The minimum absolute atomic E-state index is 0.0612. The number of methoxy groups -OCH3 is 1. The molecular weight excluding hydrogens is 320 g/mol. The summed E-state index contributed by atoms with van der Waals surface area (Å²) in [6, 6.07) is 12.9. The zero-order valence-corrected chi connectivity index (χ0v) is 14.2. The van der Waals surface area contributed by atoms with E-state index in [1.54, 1.807) is 14.0 Å². The van der Waals surface area contributed by atoms with E-state index in [-0.39, 0.29) is 12.3 Å². The molecule has 0 saturated heterocycles. The highest BCUT2D eigenvalue weighted by molar-refractivity contribution is 5.81. The Kier molecular flexibility index (Phi) is 5.18. The van der Waals surface area contributed by atoms with E-state index in [9.17, 15) is 4.79 Å². The number of aryl methyl sites for hydroxylation is 1. The highest BCUT2D eigenvalue weighted by atomic mass is 16.5. The molecule has 0 fully saturated rings. The standard InChI is InChI=1S/C19H20N2O4/c1-13-21-17-8-3-14(11-18(17)25-13)12-19(22)20-9-10-24-16-6-4-15(23-2)5-7-16/h3-8,11H,9-10,12H2,1-2H3,(H,20,22). The molecular formula is C19H20N2O4. The van der Waals surface area contributed by atoms with Crippen LogP contribution in [0.15, 0.2) is 46.9 Å². The van der Waals surface area contributed by atoms with Gasteiger partial charge in [0.1, 0.15) is 23.6 Å². The normalized spacial score (nSPS) is 10.6. The Morgan fingerprint density at radius 3 is 2.68 bits per heavy atom. The van der Waals surface area contributed by atoms with E-state index in [0.29, 0.717) is 24.6 Å². The molecule has 130 valence electrons. The zero-order chi connectivity index (χ0) is 17.6.